The summed E-state index contributed by atoms with van der Waals surface area (Å²) in [6.07, 6.45) is 2.70. The number of piperazine rings is 1. The number of rotatable bonds is 7. The molecule has 2 aromatic carbocycles. The lowest BCUT2D eigenvalue weighted by Gasteiger charge is -2.36. The Labute approximate surface area is 170 Å². The first-order chi connectivity index (χ1) is 14.1. The molecule has 0 bridgehead atoms. The summed E-state index contributed by atoms with van der Waals surface area (Å²) in [4.78, 5) is 29.2. The van der Waals surface area contributed by atoms with Crippen molar-refractivity contribution in [3.8, 4) is 0 Å². The Balaban J connectivity index is 1.24. The molecule has 1 amide bonds. The molecule has 0 unspecified atom stereocenters. The number of halogens is 1. The van der Waals surface area contributed by atoms with Crippen LogP contribution in [0.2, 0.25) is 0 Å². The molecule has 0 atom stereocenters. The van der Waals surface area contributed by atoms with Crippen LogP contribution in [0, 0.1) is 5.82 Å². The van der Waals surface area contributed by atoms with Crippen molar-refractivity contribution in [2.45, 2.75) is 31.7 Å². The highest BCUT2D eigenvalue weighted by molar-refractivity contribution is 6.00. The van der Waals surface area contributed by atoms with Crippen LogP contribution in [0.25, 0.3) is 0 Å². The van der Waals surface area contributed by atoms with Gasteiger partial charge < -0.3 is 10.2 Å². The van der Waals surface area contributed by atoms with Crippen LogP contribution in [0.1, 0.15) is 36.0 Å². The Morgan fingerprint density at radius 1 is 0.931 bits per heavy atom. The van der Waals surface area contributed by atoms with Gasteiger partial charge in [-0.25, -0.2) is 4.39 Å². The molecule has 0 radical (unpaired) electrons. The molecular formula is C23H26FN3O2. The first-order valence-electron chi connectivity index (χ1n) is 10.3. The molecule has 0 spiro atoms. The minimum absolute atomic E-state index is 0.0177. The van der Waals surface area contributed by atoms with E-state index < -0.39 is 5.82 Å². The predicted molar refractivity (Wildman–Crippen MR) is 112 cm³/mol. The van der Waals surface area contributed by atoms with E-state index in [4.69, 9.17) is 0 Å². The minimum atomic E-state index is -0.550. The molecule has 5 nitrogen and oxygen atoms in total. The van der Waals surface area contributed by atoms with E-state index in [1.165, 1.54) is 31.0 Å². The van der Waals surface area contributed by atoms with Gasteiger partial charge in [0.2, 0.25) is 5.91 Å². The molecule has 1 saturated heterocycles. The summed E-state index contributed by atoms with van der Waals surface area (Å²) in [7, 11) is 0. The molecule has 1 aliphatic heterocycles. The van der Waals surface area contributed by atoms with Crippen LogP contribution in [-0.4, -0.2) is 48.8 Å². The number of nitrogens with zero attached hydrogens (tertiary/aromatic N) is 2. The maximum absolute atomic E-state index is 13.6. The van der Waals surface area contributed by atoms with Crippen molar-refractivity contribution in [1.29, 1.82) is 0 Å². The largest absolute Gasteiger partial charge is 0.369 e. The molecule has 2 aromatic rings. The summed E-state index contributed by atoms with van der Waals surface area (Å²) >= 11 is 0. The number of hydrogen-bond acceptors (Lipinski definition) is 4. The summed E-state index contributed by atoms with van der Waals surface area (Å²) in [5.74, 6) is -1.16. The fraction of sp³-hybridized carbons (Fsp3) is 0.391. The lowest BCUT2D eigenvalue weighted by molar-refractivity contribution is -0.116. The van der Waals surface area contributed by atoms with Crippen molar-refractivity contribution in [2.24, 2.45) is 0 Å². The zero-order valence-electron chi connectivity index (χ0n) is 16.4. The minimum Gasteiger partial charge on any atom is -0.369 e. The number of anilines is 2. The Morgan fingerprint density at radius 2 is 1.62 bits per heavy atom. The first kappa shape index (κ1) is 19.6. The van der Waals surface area contributed by atoms with Gasteiger partial charge in [-0.2, -0.15) is 0 Å². The van der Waals surface area contributed by atoms with Crippen LogP contribution in [0.4, 0.5) is 15.8 Å². The Hall–Kier alpha value is -2.73. The van der Waals surface area contributed by atoms with Gasteiger partial charge in [-0.15, -0.1) is 0 Å². The van der Waals surface area contributed by atoms with Crippen molar-refractivity contribution < 1.29 is 14.0 Å². The monoisotopic (exact) mass is 395 g/mol. The third kappa shape index (κ3) is 5.01. The molecule has 4 rings (SSSR count). The summed E-state index contributed by atoms with van der Waals surface area (Å²) in [6, 6.07) is 14.5. The van der Waals surface area contributed by atoms with Gasteiger partial charge in [0, 0.05) is 56.4 Å². The summed E-state index contributed by atoms with van der Waals surface area (Å²) in [5, 5.41) is 2.81. The molecular weight excluding hydrogens is 369 g/mol. The summed E-state index contributed by atoms with van der Waals surface area (Å²) < 4.78 is 13.6. The van der Waals surface area contributed by atoms with Gasteiger partial charge in [-0.3, -0.25) is 14.5 Å². The average Bonchev–Trinajstić information content (AvgIpc) is 3.59. The number of amides is 1. The van der Waals surface area contributed by atoms with E-state index in [0.717, 1.165) is 37.9 Å². The topological polar surface area (TPSA) is 52.7 Å². The molecule has 6 heteroatoms. The molecule has 2 fully saturated rings. The lowest BCUT2D eigenvalue weighted by atomic mass is 10.1. The van der Waals surface area contributed by atoms with Crippen LogP contribution in [0.5, 0.6) is 0 Å². The van der Waals surface area contributed by atoms with E-state index >= 15 is 0 Å². The Bertz CT molecular complexity index is 872. The van der Waals surface area contributed by atoms with Crippen LogP contribution in [0.3, 0.4) is 0 Å². The van der Waals surface area contributed by atoms with Crippen LogP contribution in [-0.2, 0) is 4.79 Å². The van der Waals surface area contributed by atoms with Crippen molar-refractivity contribution in [2.75, 3.05) is 36.4 Å². The normalized spacial score (nSPS) is 17.2. The standard InChI is InChI=1S/C23H26FN3O2/c24-21-4-2-1-3-20(21)22(28)11-12-23(29)25-17-5-7-18(8-6-17)26-13-15-27(16-14-26)19-9-10-19/h1-8,19H,9-16H2,(H,25,29). The highest BCUT2D eigenvalue weighted by atomic mass is 19.1. The number of carbonyl (C=O) groups is 2. The zero-order valence-corrected chi connectivity index (χ0v) is 16.4. The van der Waals surface area contributed by atoms with E-state index in [9.17, 15) is 14.0 Å². The van der Waals surface area contributed by atoms with E-state index in [1.807, 2.05) is 24.3 Å². The smallest absolute Gasteiger partial charge is 0.224 e. The van der Waals surface area contributed by atoms with E-state index in [-0.39, 0.29) is 30.1 Å². The summed E-state index contributed by atoms with van der Waals surface area (Å²) in [6.45, 7) is 4.28. The van der Waals surface area contributed by atoms with Crippen LogP contribution >= 0.6 is 0 Å². The van der Waals surface area contributed by atoms with Gasteiger partial charge in [-0.1, -0.05) is 12.1 Å². The van der Waals surface area contributed by atoms with Crippen molar-refractivity contribution >= 4 is 23.1 Å². The van der Waals surface area contributed by atoms with E-state index in [2.05, 4.69) is 15.1 Å². The second-order valence-corrected chi connectivity index (χ2v) is 7.75. The number of hydrogen-bond donors (Lipinski definition) is 1. The van der Waals surface area contributed by atoms with Crippen LogP contribution < -0.4 is 10.2 Å². The number of Topliss-reactive ketones (excluding diaryl/α,β-unsaturated/α-hetero) is 1. The number of carbonyl (C=O) groups excluding carboxylic acids is 2. The highest BCUT2D eigenvalue weighted by Gasteiger charge is 2.31. The number of benzene rings is 2. The molecule has 29 heavy (non-hydrogen) atoms. The van der Waals surface area contributed by atoms with E-state index in [0.29, 0.717) is 5.69 Å². The van der Waals surface area contributed by atoms with Gasteiger partial charge in [0.15, 0.2) is 5.78 Å². The molecule has 1 saturated carbocycles. The Kier molecular flexibility index (Phi) is 5.90. The molecule has 2 aliphatic rings. The van der Waals surface area contributed by atoms with Crippen LogP contribution in [0.15, 0.2) is 48.5 Å². The molecule has 152 valence electrons. The Morgan fingerprint density at radius 3 is 2.28 bits per heavy atom. The lowest BCUT2D eigenvalue weighted by Crippen LogP contribution is -2.47. The zero-order chi connectivity index (χ0) is 20.2. The second-order valence-electron chi connectivity index (χ2n) is 7.75. The fourth-order valence-electron chi connectivity index (χ4n) is 3.81. The third-order valence-electron chi connectivity index (χ3n) is 5.65. The molecule has 1 N–H and O–H groups in total. The van der Waals surface area contributed by atoms with E-state index in [1.54, 1.807) is 6.07 Å². The maximum atomic E-state index is 13.6. The van der Waals surface area contributed by atoms with Crippen molar-refractivity contribution in [1.82, 2.24) is 4.90 Å². The molecule has 1 heterocycles. The van der Waals surface area contributed by atoms with Crippen molar-refractivity contribution in [3.63, 3.8) is 0 Å². The number of ketones is 1. The SMILES string of the molecule is O=C(CCC(=O)c1ccccc1F)Nc1ccc(N2CCN(C3CC3)CC2)cc1. The second kappa shape index (κ2) is 8.74. The van der Waals surface area contributed by atoms with Gasteiger partial charge in [0.25, 0.3) is 0 Å². The van der Waals surface area contributed by atoms with Crippen molar-refractivity contribution in [3.05, 3.63) is 59.9 Å². The van der Waals surface area contributed by atoms with Gasteiger partial charge >= 0.3 is 0 Å². The summed E-state index contributed by atoms with van der Waals surface area (Å²) in [5.41, 5.74) is 1.90. The van der Waals surface area contributed by atoms with Gasteiger partial charge in [0.1, 0.15) is 5.82 Å². The fourth-order valence-corrected chi connectivity index (χ4v) is 3.81. The highest BCUT2D eigenvalue weighted by Crippen LogP contribution is 2.28. The first-order valence-corrected chi connectivity index (χ1v) is 10.3. The maximum Gasteiger partial charge on any atom is 0.224 e. The third-order valence-corrected chi connectivity index (χ3v) is 5.65. The molecule has 0 aromatic heterocycles. The average molecular weight is 395 g/mol. The number of nitrogens with one attached hydrogen (secondary N) is 1. The predicted octanol–water partition coefficient (Wildman–Crippen LogP) is 3.71. The molecule has 1 aliphatic carbocycles. The quantitative estimate of drug-likeness (QED) is 0.726. The van der Waals surface area contributed by atoms with Gasteiger partial charge in [0.05, 0.1) is 5.56 Å². The van der Waals surface area contributed by atoms with Gasteiger partial charge in [-0.05, 0) is 49.2 Å².